The summed E-state index contributed by atoms with van der Waals surface area (Å²) in [5.41, 5.74) is 1.54. The number of nitriles is 1. The lowest BCUT2D eigenvalue weighted by atomic mass is 10.1. The minimum absolute atomic E-state index is 0.0330. The van der Waals surface area contributed by atoms with E-state index in [0.29, 0.717) is 39.5 Å². The average Bonchev–Trinajstić information content (AvgIpc) is 3.20. The van der Waals surface area contributed by atoms with Crippen LogP contribution in [0, 0.1) is 11.3 Å². The predicted octanol–water partition coefficient (Wildman–Crippen LogP) is 6.15. The van der Waals surface area contributed by atoms with Crippen molar-refractivity contribution in [2.24, 2.45) is 0 Å². The summed E-state index contributed by atoms with van der Waals surface area (Å²) in [6, 6.07) is 14.2. The smallest absolute Gasteiger partial charge is 0.268 e. The third-order valence-electron chi connectivity index (χ3n) is 4.07. The molecule has 0 aliphatic rings. The molecule has 31 heavy (non-hydrogen) atoms. The van der Waals surface area contributed by atoms with Gasteiger partial charge in [-0.3, -0.25) is 10.1 Å². The van der Waals surface area contributed by atoms with Crippen molar-refractivity contribution in [1.82, 2.24) is 4.98 Å². The quantitative estimate of drug-likeness (QED) is 0.243. The number of rotatable bonds is 8. The molecule has 0 aliphatic carbocycles. The standard InChI is InChI=1S/C23H17Cl2N3O2S/c1-2-9-30-19-6-3-15(4-7-19)10-17(13-26)22(29)28-23-27-14-20(31-23)12-16-11-18(24)5-8-21(16)25/h2-8,10-11,14H,1,9,12H2,(H,27,28,29)/b17-10+. The molecular weight excluding hydrogens is 453 g/mol. The Balaban J connectivity index is 1.67. The number of ether oxygens (including phenoxy) is 1. The number of anilines is 1. The Hall–Kier alpha value is -3.11. The third-order valence-corrected chi connectivity index (χ3v) is 5.59. The zero-order valence-corrected chi connectivity index (χ0v) is 18.6. The van der Waals surface area contributed by atoms with E-state index in [1.165, 1.54) is 17.4 Å². The van der Waals surface area contributed by atoms with Crippen molar-refractivity contribution in [1.29, 1.82) is 5.26 Å². The van der Waals surface area contributed by atoms with E-state index in [0.717, 1.165) is 10.4 Å². The van der Waals surface area contributed by atoms with E-state index in [1.807, 2.05) is 6.07 Å². The van der Waals surface area contributed by atoms with Gasteiger partial charge in [-0.25, -0.2) is 4.98 Å². The summed E-state index contributed by atoms with van der Waals surface area (Å²) in [6.45, 7) is 4.00. The Morgan fingerprint density at radius 2 is 2.03 bits per heavy atom. The van der Waals surface area contributed by atoms with Crippen LogP contribution >= 0.6 is 34.5 Å². The van der Waals surface area contributed by atoms with Gasteiger partial charge >= 0.3 is 0 Å². The van der Waals surface area contributed by atoms with Crippen LogP contribution in [-0.4, -0.2) is 17.5 Å². The maximum atomic E-state index is 12.5. The number of halogens is 2. The topological polar surface area (TPSA) is 75.0 Å². The molecule has 1 N–H and O–H groups in total. The largest absolute Gasteiger partial charge is 0.490 e. The summed E-state index contributed by atoms with van der Waals surface area (Å²) in [7, 11) is 0. The molecule has 1 heterocycles. The molecule has 0 saturated heterocycles. The van der Waals surface area contributed by atoms with Crippen molar-refractivity contribution in [3.63, 3.8) is 0 Å². The van der Waals surface area contributed by atoms with E-state index in [1.54, 1.807) is 54.7 Å². The van der Waals surface area contributed by atoms with E-state index in [-0.39, 0.29) is 5.57 Å². The molecule has 2 aromatic carbocycles. The molecule has 1 aromatic heterocycles. The van der Waals surface area contributed by atoms with Gasteiger partial charge in [0, 0.05) is 27.5 Å². The van der Waals surface area contributed by atoms with Gasteiger partial charge in [-0.05, 0) is 47.5 Å². The minimum Gasteiger partial charge on any atom is -0.490 e. The van der Waals surface area contributed by atoms with Gasteiger partial charge in [0.15, 0.2) is 5.13 Å². The lowest BCUT2D eigenvalue weighted by molar-refractivity contribution is -0.112. The Labute approximate surface area is 194 Å². The molecule has 0 bridgehead atoms. The first-order valence-electron chi connectivity index (χ1n) is 9.14. The van der Waals surface area contributed by atoms with Gasteiger partial charge in [0.1, 0.15) is 24.0 Å². The highest BCUT2D eigenvalue weighted by Gasteiger charge is 2.13. The number of benzene rings is 2. The van der Waals surface area contributed by atoms with Crippen molar-refractivity contribution in [3.05, 3.63) is 92.9 Å². The van der Waals surface area contributed by atoms with E-state index in [9.17, 15) is 10.1 Å². The second-order valence-corrected chi connectivity index (χ2v) is 8.30. The molecule has 3 rings (SSSR count). The Bertz CT molecular complexity index is 1160. The number of thiazole rings is 1. The molecule has 8 heteroatoms. The van der Waals surface area contributed by atoms with Gasteiger partial charge in [0.25, 0.3) is 5.91 Å². The number of hydrogen-bond donors (Lipinski definition) is 1. The molecule has 0 atom stereocenters. The summed E-state index contributed by atoms with van der Waals surface area (Å²) in [5.74, 6) is 0.145. The first kappa shape index (κ1) is 22.6. The van der Waals surface area contributed by atoms with Crippen molar-refractivity contribution >= 4 is 51.7 Å². The number of carbonyl (C=O) groups is 1. The van der Waals surface area contributed by atoms with Gasteiger partial charge in [0.2, 0.25) is 0 Å². The third kappa shape index (κ3) is 6.43. The number of aromatic nitrogens is 1. The molecule has 0 aliphatic heterocycles. The molecule has 5 nitrogen and oxygen atoms in total. The fourth-order valence-corrected chi connectivity index (χ4v) is 3.82. The number of hydrogen-bond acceptors (Lipinski definition) is 5. The van der Waals surface area contributed by atoms with Crippen LogP contribution < -0.4 is 10.1 Å². The normalized spacial score (nSPS) is 10.9. The highest BCUT2D eigenvalue weighted by molar-refractivity contribution is 7.15. The van der Waals surface area contributed by atoms with E-state index >= 15 is 0 Å². The van der Waals surface area contributed by atoms with Crippen LogP contribution in [0.1, 0.15) is 16.0 Å². The van der Waals surface area contributed by atoms with E-state index < -0.39 is 5.91 Å². The summed E-state index contributed by atoms with van der Waals surface area (Å²) < 4.78 is 5.42. The maximum absolute atomic E-state index is 12.5. The zero-order valence-electron chi connectivity index (χ0n) is 16.3. The van der Waals surface area contributed by atoms with Gasteiger partial charge in [-0.1, -0.05) is 48.0 Å². The fourth-order valence-electron chi connectivity index (χ4n) is 2.61. The maximum Gasteiger partial charge on any atom is 0.268 e. The number of amides is 1. The lowest BCUT2D eigenvalue weighted by Crippen LogP contribution is -2.13. The predicted molar refractivity (Wildman–Crippen MR) is 126 cm³/mol. The Morgan fingerprint density at radius 1 is 1.26 bits per heavy atom. The molecule has 0 unspecified atom stereocenters. The molecule has 0 fully saturated rings. The monoisotopic (exact) mass is 469 g/mol. The van der Waals surface area contributed by atoms with E-state index in [4.69, 9.17) is 27.9 Å². The molecular formula is C23H17Cl2N3O2S. The molecule has 3 aromatic rings. The fraction of sp³-hybridized carbons (Fsp3) is 0.0870. The second-order valence-electron chi connectivity index (χ2n) is 6.34. The van der Waals surface area contributed by atoms with Crippen LogP contribution in [0.5, 0.6) is 5.75 Å². The molecule has 0 saturated carbocycles. The SMILES string of the molecule is C=CCOc1ccc(/C=C(\C#N)C(=O)Nc2ncc(Cc3cc(Cl)ccc3Cl)s2)cc1. The van der Waals surface area contributed by atoms with Crippen LogP contribution in [0.15, 0.2) is 66.9 Å². The first-order valence-corrected chi connectivity index (χ1v) is 10.7. The van der Waals surface area contributed by atoms with E-state index in [2.05, 4.69) is 16.9 Å². The van der Waals surface area contributed by atoms with Crippen LogP contribution in [-0.2, 0) is 11.2 Å². The highest BCUT2D eigenvalue weighted by atomic mass is 35.5. The summed E-state index contributed by atoms with van der Waals surface area (Å²) >= 11 is 13.5. The van der Waals surface area contributed by atoms with Crippen LogP contribution in [0.25, 0.3) is 6.08 Å². The van der Waals surface area contributed by atoms with Crippen LogP contribution in [0.3, 0.4) is 0 Å². The molecule has 0 spiro atoms. The van der Waals surface area contributed by atoms with Crippen LogP contribution in [0.4, 0.5) is 5.13 Å². The Morgan fingerprint density at radius 3 is 2.74 bits per heavy atom. The summed E-state index contributed by atoms with van der Waals surface area (Å²) in [4.78, 5) is 17.6. The van der Waals surface area contributed by atoms with Crippen molar-refractivity contribution < 1.29 is 9.53 Å². The minimum atomic E-state index is -0.531. The molecule has 1 amide bonds. The van der Waals surface area contributed by atoms with Crippen molar-refractivity contribution in [3.8, 4) is 11.8 Å². The van der Waals surface area contributed by atoms with Crippen LogP contribution in [0.2, 0.25) is 10.0 Å². The van der Waals surface area contributed by atoms with Gasteiger partial charge < -0.3 is 4.74 Å². The van der Waals surface area contributed by atoms with Crippen molar-refractivity contribution in [2.45, 2.75) is 6.42 Å². The van der Waals surface area contributed by atoms with Gasteiger partial charge in [-0.2, -0.15) is 5.26 Å². The first-order chi connectivity index (χ1) is 15.0. The van der Waals surface area contributed by atoms with Crippen molar-refractivity contribution in [2.75, 3.05) is 11.9 Å². The van der Waals surface area contributed by atoms with Gasteiger partial charge in [-0.15, -0.1) is 11.3 Å². The summed E-state index contributed by atoms with van der Waals surface area (Å²) in [6.07, 6.45) is 5.36. The number of nitrogens with zero attached hydrogens (tertiary/aromatic N) is 2. The highest BCUT2D eigenvalue weighted by Crippen LogP contribution is 2.27. The second kappa shape index (κ2) is 10.8. The number of nitrogens with one attached hydrogen (secondary N) is 1. The average molecular weight is 470 g/mol. The lowest BCUT2D eigenvalue weighted by Gasteiger charge is -2.04. The zero-order chi connectivity index (χ0) is 22.2. The van der Waals surface area contributed by atoms with Gasteiger partial charge in [0.05, 0.1) is 0 Å². The Kier molecular flexibility index (Phi) is 7.85. The molecule has 0 radical (unpaired) electrons. The number of carbonyl (C=O) groups excluding carboxylic acids is 1. The summed E-state index contributed by atoms with van der Waals surface area (Å²) in [5, 5.41) is 13.7. The molecule has 156 valence electrons.